The quantitative estimate of drug-likeness (QED) is 0.149. The number of rotatable bonds is 7. The summed E-state index contributed by atoms with van der Waals surface area (Å²) in [5.74, 6) is 0. The summed E-state index contributed by atoms with van der Waals surface area (Å²) < 4.78 is 0. The molecule has 0 spiro atoms. The minimum Gasteiger partial charge on any atom is -0.0622 e. The van der Waals surface area contributed by atoms with Crippen molar-refractivity contribution >= 4 is 10.8 Å². The van der Waals surface area contributed by atoms with Gasteiger partial charge in [-0.1, -0.05) is 248 Å². The Kier molecular flexibility index (Phi) is 9.14. The highest BCUT2D eigenvalue weighted by Gasteiger charge is 2.51. The smallest absolute Gasteiger partial charge is 0.0622 e. The van der Waals surface area contributed by atoms with E-state index in [1.54, 1.807) is 0 Å². The van der Waals surface area contributed by atoms with E-state index in [9.17, 15) is 0 Å². The molecule has 0 saturated carbocycles. The van der Waals surface area contributed by atoms with Gasteiger partial charge in [0.15, 0.2) is 0 Å². The van der Waals surface area contributed by atoms with Crippen molar-refractivity contribution in [2.75, 3.05) is 0 Å². The molecule has 3 unspecified atom stereocenters. The predicted molar refractivity (Wildman–Crippen MR) is 295 cm³/mol. The van der Waals surface area contributed by atoms with Gasteiger partial charge >= 0.3 is 0 Å². The Bertz CT molecular complexity index is 3930. The van der Waals surface area contributed by atoms with Gasteiger partial charge in [0.05, 0.1) is 10.8 Å². The van der Waals surface area contributed by atoms with Gasteiger partial charge < -0.3 is 0 Å². The third kappa shape index (κ3) is 5.74. The van der Waals surface area contributed by atoms with Crippen molar-refractivity contribution < 1.29 is 0 Å². The molecule has 0 saturated heterocycles. The van der Waals surface area contributed by atoms with Crippen LogP contribution in [-0.2, 0) is 22.7 Å². The summed E-state index contributed by atoms with van der Waals surface area (Å²) >= 11 is 0. The van der Waals surface area contributed by atoms with E-state index < -0.39 is 10.8 Å². The molecule has 11 aromatic rings. The summed E-state index contributed by atoms with van der Waals surface area (Å²) in [6.07, 6.45) is 0.829. The maximum Gasteiger partial charge on any atom is 0.0713 e. The molecule has 3 atom stereocenters. The van der Waals surface area contributed by atoms with Gasteiger partial charge in [-0.05, 0) is 155 Å². The van der Waals surface area contributed by atoms with Crippen molar-refractivity contribution in [1.29, 1.82) is 0 Å². The average Bonchev–Trinajstić information content (AvgIpc) is 4.01. The van der Waals surface area contributed by atoms with Gasteiger partial charge in [-0.2, -0.15) is 0 Å². The van der Waals surface area contributed by atoms with E-state index in [2.05, 4.69) is 269 Å². The van der Waals surface area contributed by atoms with Crippen molar-refractivity contribution in [1.82, 2.24) is 0 Å². The predicted octanol–water partition coefficient (Wildman–Crippen LogP) is 17.1. The molecular formula is C71H52. The second-order valence-electron chi connectivity index (χ2n) is 20.5. The number of aryl methyl sites for hydroxylation is 2. The van der Waals surface area contributed by atoms with Crippen LogP contribution in [-0.4, -0.2) is 0 Å². The first-order valence-corrected chi connectivity index (χ1v) is 25.3. The van der Waals surface area contributed by atoms with Crippen molar-refractivity contribution in [2.24, 2.45) is 0 Å². The molecule has 0 heterocycles. The van der Waals surface area contributed by atoms with Crippen molar-refractivity contribution in [2.45, 2.75) is 43.4 Å². The fourth-order valence-electron chi connectivity index (χ4n) is 13.9. The number of hydrogen-bond acceptors (Lipinski definition) is 0. The summed E-state index contributed by atoms with van der Waals surface area (Å²) in [5.41, 5.74) is 26.5. The molecule has 0 aliphatic heterocycles. The van der Waals surface area contributed by atoms with Gasteiger partial charge in [0, 0.05) is 5.41 Å². The highest BCUT2D eigenvalue weighted by Crippen LogP contribution is 2.62. The monoisotopic (exact) mass is 904 g/mol. The van der Waals surface area contributed by atoms with Crippen LogP contribution in [0.3, 0.4) is 0 Å². The van der Waals surface area contributed by atoms with E-state index in [1.807, 2.05) is 0 Å². The molecule has 11 aromatic carbocycles. The van der Waals surface area contributed by atoms with E-state index in [-0.39, 0.29) is 5.41 Å². The van der Waals surface area contributed by atoms with E-state index in [0.717, 1.165) is 6.42 Å². The minimum atomic E-state index is -0.530. The van der Waals surface area contributed by atoms with Crippen LogP contribution in [0.15, 0.2) is 249 Å². The summed E-state index contributed by atoms with van der Waals surface area (Å²) in [7, 11) is 0. The van der Waals surface area contributed by atoms with Crippen LogP contribution in [0.5, 0.6) is 0 Å². The zero-order valence-corrected chi connectivity index (χ0v) is 40.4. The Labute approximate surface area is 417 Å². The Morgan fingerprint density at radius 2 is 0.817 bits per heavy atom. The lowest BCUT2D eigenvalue weighted by atomic mass is 9.66. The van der Waals surface area contributed by atoms with Crippen LogP contribution < -0.4 is 0 Å². The van der Waals surface area contributed by atoms with Gasteiger partial charge in [-0.25, -0.2) is 0 Å². The molecule has 0 aromatic heterocycles. The molecule has 0 radical (unpaired) electrons. The van der Waals surface area contributed by atoms with Gasteiger partial charge in [-0.3, -0.25) is 0 Å². The highest BCUT2D eigenvalue weighted by atomic mass is 14.5. The van der Waals surface area contributed by atoms with Crippen LogP contribution in [0.1, 0.15) is 90.4 Å². The fourth-order valence-corrected chi connectivity index (χ4v) is 13.9. The first-order chi connectivity index (χ1) is 34.9. The third-order valence-corrected chi connectivity index (χ3v) is 16.9. The zero-order chi connectivity index (χ0) is 47.5. The lowest BCUT2D eigenvalue weighted by Gasteiger charge is -2.35. The molecule has 0 nitrogen and oxygen atoms in total. The Morgan fingerprint density at radius 3 is 1.58 bits per heavy atom. The molecule has 0 fully saturated rings. The Hall–Kier alpha value is -8.32. The number of fused-ring (bicyclic) bond motifs is 10. The number of hydrogen-bond donors (Lipinski definition) is 0. The third-order valence-electron chi connectivity index (χ3n) is 16.9. The summed E-state index contributed by atoms with van der Waals surface area (Å²) in [4.78, 5) is 0. The van der Waals surface area contributed by atoms with Gasteiger partial charge in [0.25, 0.3) is 0 Å². The topological polar surface area (TPSA) is 0 Å². The number of benzene rings is 11. The second kappa shape index (κ2) is 15.6. The molecule has 14 rings (SSSR count). The minimum absolute atomic E-state index is 0.352. The van der Waals surface area contributed by atoms with Crippen molar-refractivity contribution in [3.8, 4) is 33.4 Å². The molecule has 71 heavy (non-hydrogen) atoms. The Morgan fingerprint density at radius 1 is 0.310 bits per heavy atom. The SMILES string of the molecule is Cc1ccc(C2(c3ccc(Cc4ccc5c(c4)-c4ccccc4C5(c4ccccc4)c4ccc5ccccc5c4)cc3)c3ccccc3-c3c(C4(C)c5ccccc5-c5cccc(C)c54)cccc32)cc1. The van der Waals surface area contributed by atoms with Crippen LogP contribution in [0.25, 0.3) is 44.2 Å². The highest BCUT2D eigenvalue weighted by molar-refractivity contribution is 5.94. The van der Waals surface area contributed by atoms with Crippen molar-refractivity contribution in [3.63, 3.8) is 0 Å². The molecule has 3 aliphatic carbocycles. The van der Waals surface area contributed by atoms with Gasteiger partial charge in [0.1, 0.15) is 0 Å². The average molecular weight is 905 g/mol. The fraction of sp³-hybridized carbons (Fsp3) is 0.0986. The molecular weight excluding hydrogens is 853 g/mol. The van der Waals surface area contributed by atoms with Crippen LogP contribution in [0.4, 0.5) is 0 Å². The van der Waals surface area contributed by atoms with E-state index in [1.165, 1.54) is 128 Å². The largest absolute Gasteiger partial charge is 0.0713 e. The maximum atomic E-state index is 2.48. The van der Waals surface area contributed by atoms with E-state index >= 15 is 0 Å². The Balaban J connectivity index is 0.908. The first-order valence-electron chi connectivity index (χ1n) is 25.3. The summed E-state index contributed by atoms with van der Waals surface area (Å²) in [6.45, 7) is 6.97. The lowest BCUT2D eigenvalue weighted by Crippen LogP contribution is -2.29. The summed E-state index contributed by atoms with van der Waals surface area (Å²) in [6, 6.07) is 94.7. The van der Waals surface area contributed by atoms with Crippen LogP contribution >= 0.6 is 0 Å². The van der Waals surface area contributed by atoms with Crippen LogP contribution in [0.2, 0.25) is 0 Å². The van der Waals surface area contributed by atoms with E-state index in [0.29, 0.717) is 0 Å². The molecule has 0 bridgehead atoms. The summed E-state index contributed by atoms with van der Waals surface area (Å²) in [5, 5.41) is 2.52. The lowest BCUT2D eigenvalue weighted by molar-refractivity contribution is 0.706. The second-order valence-corrected chi connectivity index (χ2v) is 20.5. The first kappa shape index (κ1) is 41.6. The van der Waals surface area contributed by atoms with Gasteiger partial charge in [0.2, 0.25) is 0 Å². The van der Waals surface area contributed by atoms with E-state index in [4.69, 9.17) is 0 Å². The zero-order valence-electron chi connectivity index (χ0n) is 40.4. The normalized spacial score (nSPS) is 18.9. The molecule has 3 aliphatic rings. The molecule has 0 amide bonds. The molecule has 0 heteroatoms. The van der Waals surface area contributed by atoms with Gasteiger partial charge in [-0.15, -0.1) is 0 Å². The molecule has 0 N–H and O–H groups in total. The van der Waals surface area contributed by atoms with Crippen LogP contribution in [0, 0.1) is 13.8 Å². The standard InChI is InChI=1S/C71H52/c1-46-31-37-53(38-32-46)70(63-28-14-11-24-59(63)67-65(29-16-30-66(67)70)69(3)61-26-12-9-22-56(61)58-25-15-17-47(2)68(58)69)54-39-33-48(34-40-54)43-49-35-42-64-60(44-49)57-23-10-13-27-62(57)71(64,52-20-5-4-6-21-52)55-41-36-50-18-7-8-19-51(50)45-55/h4-42,44-45H,43H2,1-3H3. The molecule has 336 valence electrons. The van der Waals surface area contributed by atoms with Crippen molar-refractivity contribution in [3.05, 3.63) is 332 Å². The maximum absolute atomic E-state index is 2.48.